The van der Waals surface area contributed by atoms with Gasteiger partial charge in [-0.1, -0.05) is 72.3 Å². The Hall–Kier alpha value is -5.50. The fraction of sp³-hybridized carbons (Fsp3) is 0.250. The van der Waals surface area contributed by atoms with Crippen LogP contribution < -0.4 is 9.47 Å². The maximum absolute atomic E-state index is 11.7. The summed E-state index contributed by atoms with van der Waals surface area (Å²) in [5.41, 5.74) is 6.65. The van der Waals surface area contributed by atoms with Gasteiger partial charge in [0, 0.05) is 17.5 Å². The van der Waals surface area contributed by atoms with Crippen LogP contribution in [0, 0.1) is 0 Å². The van der Waals surface area contributed by atoms with Gasteiger partial charge in [0.15, 0.2) is 0 Å². The summed E-state index contributed by atoms with van der Waals surface area (Å²) in [6.07, 6.45) is 7.36. The molecule has 0 aliphatic carbocycles. The van der Waals surface area contributed by atoms with E-state index in [4.69, 9.17) is 9.47 Å². The predicted molar refractivity (Wildman–Crippen MR) is 184 cm³/mol. The normalized spacial score (nSPS) is 13.5. The number of benzene rings is 4. The summed E-state index contributed by atoms with van der Waals surface area (Å²) in [6, 6.07) is 23.3. The zero-order chi connectivity index (χ0) is 34.2. The van der Waals surface area contributed by atoms with Crippen LogP contribution in [0.25, 0.3) is 0 Å². The summed E-state index contributed by atoms with van der Waals surface area (Å²) in [7, 11) is 0. The van der Waals surface area contributed by atoms with Crippen LogP contribution in [0.1, 0.15) is 67.9 Å². The number of allylic oxidation sites excluding steroid dienone is 2. The van der Waals surface area contributed by atoms with Crippen LogP contribution in [0.3, 0.4) is 0 Å². The minimum atomic E-state index is -1.11. The van der Waals surface area contributed by atoms with Gasteiger partial charge in [-0.15, -0.1) is 0 Å². The second kappa shape index (κ2) is 15.4. The number of hydrogen-bond acceptors (Lipinski definition) is 6. The van der Waals surface area contributed by atoms with Crippen molar-refractivity contribution >= 4 is 11.9 Å². The molecule has 2 heterocycles. The summed E-state index contributed by atoms with van der Waals surface area (Å²) in [5.74, 6) is -1.40. The molecule has 4 aromatic carbocycles. The van der Waals surface area contributed by atoms with Crippen molar-refractivity contribution in [3.63, 3.8) is 0 Å². The van der Waals surface area contributed by atoms with Crippen molar-refractivity contribution in [2.75, 3.05) is 13.2 Å². The Labute approximate surface area is 280 Å². The van der Waals surface area contributed by atoms with Gasteiger partial charge in [0.1, 0.15) is 47.3 Å². The first kappa shape index (κ1) is 33.9. The van der Waals surface area contributed by atoms with Crippen LogP contribution in [0.5, 0.6) is 23.0 Å². The van der Waals surface area contributed by atoms with Crippen LogP contribution in [-0.2, 0) is 38.5 Å². The fourth-order valence-electron chi connectivity index (χ4n) is 5.97. The molecule has 2 aliphatic heterocycles. The molecular formula is C40H40O8. The summed E-state index contributed by atoms with van der Waals surface area (Å²) < 4.78 is 11.4. The Bertz CT molecular complexity index is 1860. The first-order valence-corrected chi connectivity index (χ1v) is 16.0. The number of aromatic hydroxyl groups is 2. The molecule has 4 N–H and O–H groups in total. The molecule has 2 aliphatic rings. The lowest BCUT2D eigenvalue weighted by atomic mass is 9.93. The van der Waals surface area contributed by atoms with Gasteiger partial charge in [0.25, 0.3) is 0 Å². The van der Waals surface area contributed by atoms with Crippen molar-refractivity contribution in [3.8, 4) is 23.0 Å². The lowest BCUT2D eigenvalue weighted by molar-refractivity contribution is 0.0680. The van der Waals surface area contributed by atoms with Crippen molar-refractivity contribution in [2.45, 2.75) is 52.4 Å². The third-order valence-corrected chi connectivity index (χ3v) is 8.61. The summed E-state index contributed by atoms with van der Waals surface area (Å²) in [6.45, 7) is 4.79. The second-order valence-electron chi connectivity index (χ2n) is 12.1. The molecule has 0 amide bonds. The van der Waals surface area contributed by atoms with Crippen LogP contribution in [0.4, 0.5) is 0 Å². The van der Waals surface area contributed by atoms with Gasteiger partial charge in [-0.3, -0.25) is 0 Å². The number of fused-ring (bicyclic) bond motifs is 2. The third kappa shape index (κ3) is 8.07. The van der Waals surface area contributed by atoms with Crippen molar-refractivity contribution < 1.29 is 39.5 Å². The quantitative estimate of drug-likeness (QED) is 0.144. The topological polar surface area (TPSA) is 134 Å². The lowest BCUT2D eigenvalue weighted by Gasteiger charge is -2.16. The van der Waals surface area contributed by atoms with Gasteiger partial charge < -0.3 is 29.9 Å². The van der Waals surface area contributed by atoms with Crippen LogP contribution in [-0.4, -0.2) is 45.6 Å². The number of aromatic carboxylic acids is 2. The van der Waals surface area contributed by atoms with E-state index in [1.807, 2.05) is 86.7 Å². The average Bonchev–Trinajstić information content (AvgIpc) is 3.38. The zero-order valence-corrected chi connectivity index (χ0v) is 27.2. The summed E-state index contributed by atoms with van der Waals surface area (Å²) in [4.78, 5) is 23.4. The number of carboxylic acid groups (broad SMARTS) is 2. The molecule has 0 atom stereocenters. The molecule has 0 unspecified atom stereocenters. The Morgan fingerprint density at radius 2 is 1.15 bits per heavy atom. The first-order valence-electron chi connectivity index (χ1n) is 16.0. The number of carbonyl (C=O) groups is 2. The number of ether oxygens (including phenoxy) is 2. The number of rotatable bonds is 8. The zero-order valence-electron chi connectivity index (χ0n) is 27.2. The Kier molecular flexibility index (Phi) is 10.9. The highest BCUT2D eigenvalue weighted by atomic mass is 16.5. The molecule has 4 aromatic rings. The smallest absolute Gasteiger partial charge is 0.339 e. The standard InChI is InChI=1S/2C20H20O4/c1-13-7-10-16-17(24-12-13)11-15(18(19(16)21)20(22)23)9-8-14-5-3-2-4-6-14;1-13-9-10-24-17-12-15(8-7-14-5-3-2-4-6-14)18(20(22)23)19(21)16(17)11-13/h2-7,11,21H,8-10,12H2,1H3,(H,22,23);2-6,9,12,21H,7-8,10-11H2,1H3,(H,22,23). The fourth-order valence-corrected chi connectivity index (χ4v) is 5.97. The maximum atomic E-state index is 11.7. The van der Waals surface area contributed by atoms with E-state index in [0.717, 1.165) is 22.3 Å². The second-order valence-corrected chi connectivity index (χ2v) is 12.1. The van der Waals surface area contributed by atoms with E-state index < -0.39 is 11.9 Å². The molecular weight excluding hydrogens is 608 g/mol. The molecule has 8 heteroatoms. The van der Waals surface area contributed by atoms with Gasteiger partial charge >= 0.3 is 11.9 Å². The van der Waals surface area contributed by atoms with Crippen molar-refractivity contribution in [1.82, 2.24) is 0 Å². The highest BCUT2D eigenvalue weighted by Gasteiger charge is 2.25. The molecule has 0 fully saturated rings. The van der Waals surface area contributed by atoms with Crippen molar-refractivity contribution in [3.05, 3.63) is 141 Å². The van der Waals surface area contributed by atoms with E-state index in [2.05, 4.69) is 0 Å². The number of phenols is 2. The highest BCUT2D eigenvalue weighted by molar-refractivity contribution is 5.94. The maximum Gasteiger partial charge on any atom is 0.339 e. The minimum Gasteiger partial charge on any atom is -0.507 e. The van der Waals surface area contributed by atoms with E-state index in [-0.39, 0.29) is 22.6 Å². The summed E-state index contributed by atoms with van der Waals surface area (Å²) in [5, 5.41) is 40.2. The molecule has 6 rings (SSSR count). The SMILES string of the molecule is CC1=CCOc2cc(CCc3ccccc3)c(C(=O)O)c(O)c2C1.CC1=CCc2c(cc(CCc3ccccc3)c(C(=O)O)c2O)OC1. The first-order chi connectivity index (χ1) is 23.1. The monoisotopic (exact) mass is 648 g/mol. The van der Waals surface area contributed by atoms with E-state index in [0.29, 0.717) is 85.5 Å². The molecule has 0 bridgehead atoms. The third-order valence-electron chi connectivity index (χ3n) is 8.61. The summed E-state index contributed by atoms with van der Waals surface area (Å²) >= 11 is 0. The number of carboxylic acids is 2. The highest BCUT2D eigenvalue weighted by Crippen LogP contribution is 2.39. The number of hydrogen-bond donors (Lipinski definition) is 4. The van der Waals surface area contributed by atoms with E-state index in [1.165, 1.54) is 0 Å². The van der Waals surface area contributed by atoms with E-state index in [9.17, 15) is 30.0 Å². The largest absolute Gasteiger partial charge is 0.507 e. The Morgan fingerprint density at radius 1 is 0.646 bits per heavy atom. The molecule has 0 radical (unpaired) electrons. The molecule has 0 aromatic heterocycles. The molecule has 0 spiro atoms. The lowest BCUT2D eigenvalue weighted by Crippen LogP contribution is -2.08. The van der Waals surface area contributed by atoms with Crippen molar-refractivity contribution in [2.24, 2.45) is 0 Å². The van der Waals surface area contributed by atoms with E-state index >= 15 is 0 Å². The molecule has 8 nitrogen and oxygen atoms in total. The van der Waals surface area contributed by atoms with Gasteiger partial charge in [0.2, 0.25) is 0 Å². The molecule has 248 valence electrons. The van der Waals surface area contributed by atoms with Gasteiger partial charge in [0.05, 0.1) is 0 Å². The average molecular weight is 649 g/mol. The van der Waals surface area contributed by atoms with Crippen LogP contribution >= 0.6 is 0 Å². The Morgan fingerprint density at radius 3 is 1.67 bits per heavy atom. The van der Waals surface area contributed by atoms with Gasteiger partial charge in [-0.25, -0.2) is 9.59 Å². The van der Waals surface area contributed by atoms with E-state index in [1.54, 1.807) is 12.1 Å². The van der Waals surface area contributed by atoms with Gasteiger partial charge in [-0.2, -0.15) is 0 Å². The Balaban J connectivity index is 0.000000188. The predicted octanol–water partition coefficient (Wildman–Crippen LogP) is 7.51. The minimum absolute atomic E-state index is 0.0111. The molecule has 0 saturated heterocycles. The molecule has 48 heavy (non-hydrogen) atoms. The molecule has 0 saturated carbocycles. The van der Waals surface area contributed by atoms with Crippen LogP contribution in [0.15, 0.2) is 96.1 Å². The number of aryl methyl sites for hydroxylation is 4. The van der Waals surface area contributed by atoms with Crippen molar-refractivity contribution in [1.29, 1.82) is 0 Å². The van der Waals surface area contributed by atoms with Crippen LogP contribution in [0.2, 0.25) is 0 Å². The van der Waals surface area contributed by atoms with Gasteiger partial charge in [-0.05, 0) is 92.0 Å².